The van der Waals surface area contributed by atoms with Gasteiger partial charge in [-0.2, -0.15) is 0 Å². The van der Waals surface area contributed by atoms with Gasteiger partial charge in [0.15, 0.2) is 0 Å². The number of carbonyl (C=O) groups is 1. The first kappa shape index (κ1) is 19.6. The molecule has 7 nitrogen and oxygen atoms in total. The number of piperidine rings is 1. The van der Waals surface area contributed by atoms with Crippen molar-refractivity contribution in [1.29, 1.82) is 0 Å². The molecule has 0 radical (unpaired) electrons. The number of aromatic nitrogens is 2. The van der Waals surface area contributed by atoms with Crippen molar-refractivity contribution in [2.75, 3.05) is 57.3 Å². The van der Waals surface area contributed by atoms with E-state index in [1.807, 2.05) is 17.9 Å². The van der Waals surface area contributed by atoms with Gasteiger partial charge in [-0.3, -0.25) is 9.69 Å². The Balaban J connectivity index is 1.31. The zero-order valence-corrected chi connectivity index (χ0v) is 16.4. The molecule has 2 fully saturated rings. The second-order valence-electron chi connectivity index (χ2n) is 7.15. The van der Waals surface area contributed by atoms with Gasteiger partial charge < -0.3 is 14.5 Å². The molecule has 27 heavy (non-hydrogen) atoms. The number of nitrogens with zero attached hydrogens (tertiary/aromatic N) is 5. The van der Waals surface area contributed by atoms with Gasteiger partial charge in [0.25, 0.3) is 0 Å². The lowest BCUT2D eigenvalue weighted by Gasteiger charge is -2.33. The standard InChI is InChI=1S/C20H29N5O2/c1-17-15-20(22-16-21-17)25-8-5-19(6-9-25)27-14-4-3-7-23-10-12-24(13-11-23)18(2)26/h15-16,19H,5-14H2,1-2H3. The third-order valence-electron chi connectivity index (χ3n) is 5.19. The molecule has 0 bridgehead atoms. The number of piperazine rings is 1. The van der Waals surface area contributed by atoms with E-state index in [4.69, 9.17) is 4.74 Å². The van der Waals surface area contributed by atoms with Crippen molar-refractivity contribution >= 4 is 11.7 Å². The molecule has 0 aliphatic carbocycles. The zero-order valence-electron chi connectivity index (χ0n) is 16.4. The van der Waals surface area contributed by atoms with Crippen molar-refractivity contribution in [2.24, 2.45) is 0 Å². The number of anilines is 1. The van der Waals surface area contributed by atoms with Crippen LogP contribution in [0.5, 0.6) is 0 Å². The van der Waals surface area contributed by atoms with Gasteiger partial charge in [-0.25, -0.2) is 9.97 Å². The smallest absolute Gasteiger partial charge is 0.219 e. The summed E-state index contributed by atoms with van der Waals surface area (Å²) in [4.78, 5) is 26.3. The SMILES string of the molecule is CC(=O)N1CCN(CC#CCOC2CCN(c3cc(C)ncn3)CC2)CC1. The normalized spacial score (nSPS) is 18.9. The van der Waals surface area contributed by atoms with Crippen LogP contribution in [-0.2, 0) is 9.53 Å². The highest BCUT2D eigenvalue weighted by Gasteiger charge is 2.20. The predicted octanol–water partition coefficient (Wildman–Crippen LogP) is 0.938. The lowest BCUT2D eigenvalue weighted by molar-refractivity contribution is -0.130. The van der Waals surface area contributed by atoms with Gasteiger partial charge in [-0.05, 0) is 19.8 Å². The molecule has 1 aromatic heterocycles. The monoisotopic (exact) mass is 371 g/mol. The van der Waals surface area contributed by atoms with Crippen LogP contribution in [0.2, 0.25) is 0 Å². The molecule has 3 rings (SSSR count). The molecule has 1 aromatic rings. The Kier molecular flexibility index (Phi) is 7.02. The van der Waals surface area contributed by atoms with E-state index in [2.05, 4.69) is 31.6 Å². The maximum atomic E-state index is 11.3. The molecular weight excluding hydrogens is 342 g/mol. The summed E-state index contributed by atoms with van der Waals surface area (Å²) in [6, 6.07) is 2.03. The van der Waals surface area contributed by atoms with Gasteiger partial charge in [0, 0.05) is 58.0 Å². The van der Waals surface area contributed by atoms with Crippen LogP contribution in [-0.4, -0.2) is 84.2 Å². The van der Waals surface area contributed by atoms with Crippen LogP contribution in [0, 0.1) is 18.8 Å². The molecule has 2 aliphatic rings. The van der Waals surface area contributed by atoms with E-state index in [1.54, 1.807) is 13.3 Å². The molecule has 2 aliphatic heterocycles. The molecule has 3 heterocycles. The highest BCUT2D eigenvalue weighted by Crippen LogP contribution is 2.19. The number of hydrogen-bond acceptors (Lipinski definition) is 6. The van der Waals surface area contributed by atoms with E-state index in [0.29, 0.717) is 6.61 Å². The van der Waals surface area contributed by atoms with Crippen LogP contribution >= 0.6 is 0 Å². The fraction of sp³-hybridized carbons (Fsp3) is 0.650. The van der Waals surface area contributed by atoms with E-state index in [1.165, 1.54) is 0 Å². The topological polar surface area (TPSA) is 61.8 Å². The molecule has 2 saturated heterocycles. The quantitative estimate of drug-likeness (QED) is 0.734. The molecule has 0 N–H and O–H groups in total. The molecule has 0 atom stereocenters. The largest absolute Gasteiger partial charge is 0.365 e. The lowest BCUT2D eigenvalue weighted by atomic mass is 10.1. The molecule has 146 valence electrons. The second-order valence-corrected chi connectivity index (χ2v) is 7.15. The third kappa shape index (κ3) is 5.91. The highest BCUT2D eigenvalue weighted by molar-refractivity contribution is 5.73. The number of hydrogen-bond donors (Lipinski definition) is 0. The summed E-state index contributed by atoms with van der Waals surface area (Å²) in [5, 5.41) is 0. The zero-order chi connectivity index (χ0) is 19.1. The Bertz CT molecular complexity index is 683. The number of ether oxygens (including phenoxy) is 1. The van der Waals surface area contributed by atoms with Crippen LogP contribution in [0.1, 0.15) is 25.5 Å². The molecule has 7 heteroatoms. The molecular formula is C20H29N5O2. The Morgan fingerprint density at radius 1 is 1.15 bits per heavy atom. The first-order valence-corrected chi connectivity index (χ1v) is 9.70. The third-order valence-corrected chi connectivity index (χ3v) is 5.19. The van der Waals surface area contributed by atoms with E-state index < -0.39 is 0 Å². The summed E-state index contributed by atoms with van der Waals surface area (Å²) in [6.45, 7) is 10.2. The average molecular weight is 371 g/mol. The minimum absolute atomic E-state index is 0.162. The number of aryl methyl sites for hydroxylation is 1. The summed E-state index contributed by atoms with van der Waals surface area (Å²) in [5.41, 5.74) is 0.997. The average Bonchev–Trinajstić information content (AvgIpc) is 2.68. The van der Waals surface area contributed by atoms with Crippen molar-refractivity contribution in [2.45, 2.75) is 32.8 Å². The van der Waals surface area contributed by atoms with Crippen LogP contribution in [0.15, 0.2) is 12.4 Å². The van der Waals surface area contributed by atoms with E-state index in [0.717, 1.165) is 70.2 Å². The maximum Gasteiger partial charge on any atom is 0.219 e. The van der Waals surface area contributed by atoms with Crippen molar-refractivity contribution in [3.63, 3.8) is 0 Å². The predicted molar refractivity (Wildman–Crippen MR) is 104 cm³/mol. The van der Waals surface area contributed by atoms with Crippen LogP contribution < -0.4 is 4.90 Å². The minimum Gasteiger partial charge on any atom is -0.365 e. The molecule has 0 aromatic carbocycles. The molecule has 0 unspecified atom stereocenters. The van der Waals surface area contributed by atoms with Crippen molar-refractivity contribution in [3.05, 3.63) is 18.1 Å². The summed E-state index contributed by atoms with van der Waals surface area (Å²) in [7, 11) is 0. The first-order valence-electron chi connectivity index (χ1n) is 9.70. The van der Waals surface area contributed by atoms with Crippen LogP contribution in [0.3, 0.4) is 0 Å². The fourth-order valence-corrected chi connectivity index (χ4v) is 3.46. The number of carbonyl (C=O) groups excluding carboxylic acids is 1. The van der Waals surface area contributed by atoms with Gasteiger partial charge in [0.1, 0.15) is 18.8 Å². The van der Waals surface area contributed by atoms with Crippen LogP contribution in [0.4, 0.5) is 5.82 Å². The van der Waals surface area contributed by atoms with Gasteiger partial charge in [-0.1, -0.05) is 11.8 Å². The summed E-state index contributed by atoms with van der Waals surface area (Å²) >= 11 is 0. The Hall–Kier alpha value is -2.17. The minimum atomic E-state index is 0.162. The van der Waals surface area contributed by atoms with Crippen molar-refractivity contribution in [3.8, 4) is 11.8 Å². The van der Waals surface area contributed by atoms with Gasteiger partial charge in [0.05, 0.1) is 12.6 Å². The summed E-state index contributed by atoms with van der Waals surface area (Å²) in [6.07, 6.45) is 3.90. The molecule has 0 saturated carbocycles. The summed E-state index contributed by atoms with van der Waals surface area (Å²) < 4.78 is 5.92. The number of rotatable bonds is 4. The van der Waals surface area contributed by atoms with E-state index in [-0.39, 0.29) is 12.0 Å². The fourth-order valence-electron chi connectivity index (χ4n) is 3.46. The number of amides is 1. The van der Waals surface area contributed by atoms with E-state index >= 15 is 0 Å². The maximum absolute atomic E-state index is 11.3. The Labute approximate surface area is 161 Å². The van der Waals surface area contributed by atoms with Crippen molar-refractivity contribution < 1.29 is 9.53 Å². The molecule has 0 spiro atoms. The van der Waals surface area contributed by atoms with Crippen molar-refractivity contribution in [1.82, 2.24) is 19.8 Å². The second kappa shape index (κ2) is 9.67. The van der Waals surface area contributed by atoms with Gasteiger partial charge in [-0.15, -0.1) is 0 Å². The highest BCUT2D eigenvalue weighted by atomic mass is 16.5. The Morgan fingerprint density at radius 3 is 2.56 bits per heavy atom. The van der Waals surface area contributed by atoms with E-state index in [9.17, 15) is 4.79 Å². The Morgan fingerprint density at radius 2 is 1.89 bits per heavy atom. The van der Waals surface area contributed by atoms with Gasteiger partial charge in [0.2, 0.25) is 5.91 Å². The molecule has 1 amide bonds. The summed E-state index contributed by atoms with van der Waals surface area (Å²) in [5.74, 6) is 7.50. The lowest BCUT2D eigenvalue weighted by Crippen LogP contribution is -2.47. The van der Waals surface area contributed by atoms with Crippen LogP contribution in [0.25, 0.3) is 0 Å². The first-order chi connectivity index (χ1) is 13.1. The van der Waals surface area contributed by atoms with Gasteiger partial charge >= 0.3 is 0 Å².